The quantitative estimate of drug-likeness (QED) is 0.599. The smallest absolute Gasteiger partial charge is 0.268 e. The number of carbonyl (C=O) groups is 1. The third kappa shape index (κ3) is 4.28. The summed E-state index contributed by atoms with van der Waals surface area (Å²) in [5.74, 6) is 0.0207. The Bertz CT molecular complexity index is 938. The predicted molar refractivity (Wildman–Crippen MR) is 116 cm³/mol. The van der Waals surface area contributed by atoms with E-state index in [1.54, 1.807) is 11.3 Å². The Hall–Kier alpha value is -1.63. The molecule has 0 radical (unpaired) electrons. The lowest BCUT2D eigenvalue weighted by Crippen LogP contribution is -2.34. The van der Waals surface area contributed by atoms with E-state index >= 15 is 0 Å². The zero-order valence-electron chi connectivity index (χ0n) is 15.5. The van der Waals surface area contributed by atoms with E-state index in [9.17, 15) is 4.79 Å². The molecular weight excluding hydrogens is 422 g/mol. The van der Waals surface area contributed by atoms with E-state index in [2.05, 4.69) is 55.8 Å². The number of likely N-dealkylation sites (tertiary alicyclic amines) is 1. The number of carbonyl (C=O) groups excluding carboxylic acids is 1. The minimum Gasteiger partial charge on any atom is -0.349 e. The standard InChI is InChI=1S/C21H24BrN3OS/c1-15-12-18-20(27-15)13-19(21(26)23-8-11-24-9-2-3-10-24)25(18)14-16-4-6-17(22)7-5-16/h4-7,12-13H,2-3,8-11,14H2,1H3,(H,23,26). The number of thiophene rings is 1. The van der Waals surface area contributed by atoms with Crippen molar-refractivity contribution in [2.75, 3.05) is 26.2 Å². The van der Waals surface area contributed by atoms with E-state index in [1.807, 2.05) is 18.2 Å². The average Bonchev–Trinajstić information content (AvgIpc) is 3.35. The average molecular weight is 446 g/mol. The number of aryl methyl sites for hydroxylation is 1. The van der Waals surface area contributed by atoms with Gasteiger partial charge in [-0.1, -0.05) is 28.1 Å². The SMILES string of the molecule is Cc1cc2c(cc(C(=O)NCCN3CCCC3)n2Cc2ccc(Br)cc2)s1. The van der Waals surface area contributed by atoms with Gasteiger partial charge in [-0.2, -0.15) is 0 Å². The first kappa shape index (κ1) is 18.7. The molecule has 1 amide bonds. The van der Waals surface area contributed by atoms with Crippen LogP contribution in [0.3, 0.4) is 0 Å². The van der Waals surface area contributed by atoms with Gasteiger partial charge in [-0.25, -0.2) is 0 Å². The molecule has 4 nitrogen and oxygen atoms in total. The van der Waals surface area contributed by atoms with Crippen molar-refractivity contribution >= 4 is 43.4 Å². The number of aromatic nitrogens is 1. The molecule has 0 unspecified atom stereocenters. The number of halogens is 1. The van der Waals surface area contributed by atoms with E-state index in [-0.39, 0.29) is 5.91 Å². The molecule has 27 heavy (non-hydrogen) atoms. The summed E-state index contributed by atoms with van der Waals surface area (Å²) < 4.78 is 4.39. The van der Waals surface area contributed by atoms with Crippen LogP contribution in [0.2, 0.25) is 0 Å². The number of rotatable bonds is 6. The van der Waals surface area contributed by atoms with Crippen LogP contribution in [0.25, 0.3) is 10.2 Å². The first-order valence-corrected chi connectivity index (χ1v) is 11.1. The Balaban J connectivity index is 1.54. The molecule has 4 rings (SSSR count). The van der Waals surface area contributed by atoms with Crippen LogP contribution in [-0.4, -0.2) is 41.6 Å². The summed E-state index contributed by atoms with van der Waals surface area (Å²) in [4.78, 5) is 16.6. The van der Waals surface area contributed by atoms with Crippen molar-refractivity contribution in [1.82, 2.24) is 14.8 Å². The van der Waals surface area contributed by atoms with Crippen molar-refractivity contribution in [3.63, 3.8) is 0 Å². The number of nitrogens with one attached hydrogen (secondary N) is 1. The molecular formula is C21H24BrN3OS. The molecule has 1 saturated heterocycles. The van der Waals surface area contributed by atoms with Crippen molar-refractivity contribution in [2.24, 2.45) is 0 Å². The van der Waals surface area contributed by atoms with Crippen LogP contribution in [0.1, 0.15) is 33.8 Å². The second-order valence-electron chi connectivity index (χ2n) is 7.15. The third-order valence-corrected chi connectivity index (χ3v) is 6.63. The predicted octanol–water partition coefficient (Wildman–Crippen LogP) is 4.65. The summed E-state index contributed by atoms with van der Waals surface area (Å²) in [6, 6.07) is 12.5. The summed E-state index contributed by atoms with van der Waals surface area (Å²) in [6.07, 6.45) is 2.55. The Morgan fingerprint density at radius 3 is 2.67 bits per heavy atom. The molecule has 0 aliphatic carbocycles. The fourth-order valence-corrected chi connectivity index (χ4v) is 4.95. The maximum Gasteiger partial charge on any atom is 0.268 e. The second-order valence-corrected chi connectivity index (χ2v) is 9.36. The highest BCUT2D eigenvalue weighted by Gasteiger charge is 2.18. The van der Waals surface area contributed by atoms with E-state index < -0.39 is 0 Å². The number of amides is 1. The topological polar surface area (TPSA) is 37.3 Å². The van der Waals surface area contributed by atoms with Crippen LogP contribution in [0.15, 0.2) is 40.9 Å². The van der Waals surface area contributed by atoms with Crippen molar-refractivity contribution < 1.29 is 4.79 Å². The highest BCUT2D eigenvalue weighted by molar-refractivity contribution is 9.10. The van der Waals surface area contributed by atoms with Gasteiger partial charge in [-0.05, 0) is 62.7 Å². The van der Waals surface area contributed by atoms with Gasteiger partial charge in [0.2, 0.25) is 0 Å². The van der Waals surface area contributed by atoms with Crippen LogP contribution < -0.4 is 5.32 Å². The number of hydrogen-bond donors (Lipinski definition) is 1. The maximum atomic E-state index is 12.9. The molecule has 3 heterocycles. The number of hydrogen-bond acceptors (Lipinski definition) is 3. The zero-order valence-corrected chi connectivity index (χ0v) is 17.9. The molecule has 6 heteroatoms. The van der Waals surface area contributed by atoms with Gasteiger partial charge in [0, 0.05) is 29.0 Å². The lowest BCUT2D eigenvalue weighted by molar-refractivity contribution is 0.0941. The van der Waals surface area contributed by atoms with Gasteiger partial charge in [-0.15, -0.1) is 11.3 Å². The zero-order chi connectivity index (χ0) is 18.8. The van der Waals surface area contributed by atoms with E-state index in [0.717, 1.165) is 35.3 Å². The molecule has 0 atom stereocenters. The Morgan fingerprint density at radius 2 is 1.93 bits per heavy atom. The van der Waals surface area contributed by atoms with E-state index in [1.165, 1.54) is 28.0 Å². The van der Waals surface area contributed by atoms with Crippen LogP contribution in [-0.2, 0) is 6.54 Å². The number of benzene rings is 1. The van der Waals surface area contributed by atoms with Crippen molar-refractivity contribution in [2.45, 2.75) is 26.3 Å². The molecule has 0 bridgehead atoms. The molecule has 1 aromatic carbocycles. The second kappa shape index (κ2) is 8.17. The molecule has 0 saturated carbocycles. The number of fused-ring (bicyclic) bond motifs is 1. The Kier molecular flexibility index (Phi) is 5.66. The monoisotopic (exact) mass is 445 g/mol. The van der Waals surface area contributed by atoms with Crippen molar-refractivity contribution in [3.8, 4) is 0 Å². The van der Waals surface area contributed by atoms with Gasteiger partial charge >= 0.3 is 0 Å². The summed E-state index contributed by atoms with van der Waals surface area (Å²) in [6.45, 7) is 6.77. The van der Waals surface area contributed by atoms with Crippen LogP contribution in [0, 0.1) is 6.92 Å². The lowest BCUT2D eigenvalue weighted by Gasteiger charge is -2.15. The van der Waals surface area contributed by atoms with Crippen LogP contribution >= 0.6 is 27.3 Å². The normalized spacial score (nSPS) is 14.9. The van der Waals surface area contributed by atoms with Gasteiger partial charge in [-0.3, -0.25) is 4.79 Å². The van der Waals surface area contributed by atoms with Gasteiger partial charge in [0.1, 0.15) is 5.69 Å². The Labute approximate surface area is 172 Å². The molecule has 142 valence electrons. The summed E-state index contributed by atoms with van der Waals surface area (Å²) >= 11 is 5.23. The first-order chi connectivity index (χ1) is 13.1. The molecule has 1 aliphatic heterocycles. The Morgan fingerprint density at radius 1 is 1.19 bits per heavy atom. The molecule has 3 aromatic rings. The minimum absolute atomic E-state index is 0.0207. The van der Waals surface area contributed by atoms with E-state index in [0.29, 0.717) is 13.1 Å². The molecule has 0 spiro atoms. The largest absolute Gasteiger partial charge is 0.349 e. The van der Waals surface area contributed by atoms with Gasteiger partial charge < -0.3 is 14.8 Å². The molecule has 2 aromatic heterocycles. The highest BCUT2D eigenvalue weighted by atomic mass is 79.9. The third-order valence-electron chi connectivity index (χ3n) is 5.11. The summed E-state index contributed by atoms with van der Waals surface area (Å²) in [7, 11) is 0. The highest BCUT2D eigenvalue weighted by Crippen LogP contribution is 2.29. The molecule has 1 fully saturated rings. The van der Waals surface area contributed by atoms with Crippen LogP contribution in [0.4, 0.5) is 0 Å². The lowest BCUT2D eigenvalue weighted by atomic mass is 10.2. The summed E-state index contributed by atoms with van der Waals surface area (Å²) in [5.41, 5.74) is 3.08. The van der Waals surface area contributed by atoms with E-state index in [4.69, 9.17) is 0 Å². The fraction of sp³-hybridized carbons (Fsp3) is 0.381. The van der Waals surface area contributed by atoms with Gasteiger partial charge in [0.05, 0.1) is 10.2 Å². The summed E-state index contributed by atoms with van der Waals surface area (Å²) in [5, 5.41) is 3.12. The first-order valence-electron chi connectivity index (χ1n) is 9.45. The van der Waals surface area contributed by atoms with Gasteiger partial charge in [0.15, 0.2) is 0 Å². The fourth-order valence-electron chi connectivity index (χ4n) is 3.72. The molecule has 1 aliphatic rings. The minimum atomic E-state index is 0.0207. The van der Waals surface area contributed by atoms with Crippen molar-refractivity contribution in [1.29, 1.82) is 0 Å². The van der Waals surface area contributed by atoms with Crippen LogP contribution in [0.5, 0.6) is 0 Å². The number of nitrogens with zero attached hydrogens (tertiary/aromatic N) is 2. The van der Waals surface area contributed by atoms with Gasteiger partial charge in [0.25, 0.3) is 5.91 Å². The molecule has 1 N–H and O–H groups in total. The van der Waals surface area contributed by atoms with Crippen molar-refractivity contribution in [3.05, 3.63) is 57.0 Å². The maximum absolute atomic E-state index is 12.9.